The molecule has 0 saturated carbocycles. The van der Waals surface area contributed by atoms with E-state index in [1.165, 1.54) is 6.07 Å². The van der Waals surface area contributed by atoms with Crippen molar-refractivity contribution in [2.24, 2.45) is 0 Å². The fourth-order valence-corrected chi connectivity index (χ4v) is 5.39. The van der Waals surface area contributed by atoms with Crippen molar-refractivity contribution < 1.29 is 23.0 Å². The minimum absolute atomic E-state index is 0.152. The van der Waals surface area contributed by atoms with Gasteiger partial charge in [0.1, 0.15) is 17.2 Å². The van der Waals surface area contributed by atoms with E-state index in [0.29, 0.717) is 12.2 Å². The fraction of sp³-hybridized carbons (Fsp3) is 0.400. The predicted molar refractivity (Wildman–Crippen MR) is 131 cm³/mol. The Hall–Kier alpha value is -2.79. The average molecular weight is 522 g/mol. The lowest BCUT2D eigenvalue weighted by Crippen LogP contribution is -2.51. The van der Waals surface area contributed by atoms with Gasteiger partial charge in [-0.25, -0.2) is 14.4 Å². The van der Waals surface area contributed by atoms with Crippen molar-refractivity contribution in [3.05, 3.63) is 64.2 Å². The molecule has 0 amide bonds. The number of aromatic nitrogens is 2. The standard InChI is InChI=1S/C25H27ClF3N5O2/c1-14(22-21(36-25(28)29)4-3-19(27)23(22)26)18-13-31-24-17(18)11-15(12-30-24)20-7-10-34(32(20)2)33-8-5-16(35)6-9-33/h3-4,7,11-14,16,25,35H,5-6,8-10H2,1-2H3,(H,30,31)/t14-/m0/s1. The SMILES string of the molecule is C[C@H](c1c(OC(F)F)ccc(F)c1Cl)c1c[nH]c2ncc(C3=CCN(N4CCC(O)CC4)N3C)cc12. The number of aliphatic hydroxyl groups is 1. The number of ether oxygens (including phenoxy) is 1. The Balaban J connectivity index is 1.46. The first-order chi connectivity index (χ1) is 17.2. The van der Waals surface area contributed by atoms with Gasteiger partial charge in [-0.2, -0.15) is 8.78 Å². The van der Waals surface area contributed by atoms with Gasteiger partial charge in [-0.3, -0.25) is 5.01 Å². The summed E-state index contributed by atoms with van der Waals surface area (Å²) in [5.74, 6) is -1.43. The number of hydrazine groups is 2. The van der Waals surface area contributed by atoms with Crippen molar-refractivity contribution in [2.45, 2.75) is 38.4 Å². The van der Waals surface area contributed by atoms with E-state index in [1.54, 1.807) is 19.3 Å². The highest BCUT2D eigenvalue weighted by Gasteiger charge is 2.30. The minimum Gasteiger partial charge on any atom is -0.434 e. The Bertz CT molecular complexity index is 1290. The molecule has 11 heteroatoms. The summed E-state index contributed by atoms with van der Waals surface area (Å²) in [4.78, 5) is 7.68. The highest BCUT2D eigenvalue weighted by Crippen LogP contribution is 2.41. The van der Waals surface area contributed by atoms with E-state index >= 15 is 0 Å². The van der Waals surface area contributed by atoms with Crippen LogP contribution in [0.15, 0.2) is 36.7 Å². The van der Waals surface area contributed by atoms with Gasteiger partial charge in [0, 0.05) is 55.0 Å². The van der Waals surface area contributed by atoms with Gasteiger partial charge in [-0.1, -0.05) is 18.5 Å². The molecule has 1 fully saturated rings. The van der Waals surface area contributed by atoms with Gasteiger partial charge in [-0.05, 0) is 42.7 Å². The van der Waals surface area contributed by atoms with Crippen LogP contribution in [0.3, 0.4) is 0 Å². The highest BCUT2D eigenvalue weighted by atomic mass is 35.5. The number of alkyl halides is 2. The van der Waals surface area contributed by atoms with Crippen LogP contribution in [0, 0.1) is 5.82 Å². The van der Waals surface area contributed by atoms with Crippen LogP contribution < -0.4 is 4.74 Å². The second-order valence-corrected chi connectivity index (χ2v) is 9.47. The first-order valence-corrected chi connectivity index (χ1v) is 12.2. The molecule has 2 N–H and O–H groups in total. The summed E-state index contributed by atoms with van der Waals surface area (Å²) in [5.41, 5.74) is 3.36. The van der Waals surface area contributed by atoms with E-state index in [1.807, 2.05) is 13.1 Å². The number of benzene rings is 1. The Kier molecular flexibility index (Phi) is 6.86. The zero-order valence-corrected chi connectivity index (χ0v) is 20.6. The van der Waals surface area contributed by atoms with Crippen LogP contribution in [0.5, 0.6) is 5.75 Å². The van der Waals surface area contributed by atoms with Gasteiger partial charge in [0.05, 0.1) is 23.4 Å². The number of piperidine rings is 1. The van der Waals surface area contributed by atoms with Crippen molar-refractivity contribution in [1.82, 2.24) is 25.1 Å². The van der Waals surface area contributed by atoms with E-state index in [9.17, 15) is 18.3 Å². The molecule has 1 saturated heterocycles. The van der Waals surface area contributed by atoms with Crippen molar-refractivity contribution in [1.29, 1.82) is 0 Å². The first-order valence-electron chi connectivity index (χ1n) is 11.8. The summed E-state index contributed by atoms with van der Waals surface area (Å²) in [6.07, 6.45) is 6.84. The molecule has 0 bridgehead atoms. The lowest BCUT2D eigenvalue weighted by molar-refractivity contribution is -0.145. The van der Waals surface area contributed by atoms with E-state index < -0.39 is 18.3 Å². The fourth-order valence-electron chi connectivity index (χ4n) is 5.07. The van der Waals surface area contributed by atoms with Crippen LogP contribution >= 0.6 is 11.6 Å². The zero-order chi connectivity index (χ0) is 25.6. The number of hydrogen-bond donors (Lipinski definition) is 2. The number of fused-ring (bicyclic) bond motifs is 1. The molecule has 3 aromatic rings. The highest BCUT2D eigenvalue weighted by molar-refractivity contribution is 6.31. The molecule has 192 valence electrons. The normalized spacial score (nSPS) is 18.9. The Morgan fingerprint density at radius 1 is 1.25 bits per heavy atom. The summed E-state index contributed by atoms with van der Waals surface area (Å²) < 4.78 is 45.0. The van der Waals surface area contributed by atoms with Gasteiger partial charge in [0.25, 0.3) is 0 Å². The Morgan fingerprint density at radius 2 is 2.00 bits per heavy atom. The number of pyridine rings is 1. The lowest BCUT2D eigenvalue weighted by atomic mass is 9.92. The monoisotopic (exact) mass is 521 g/mol. The second-order valence-electron chi connectivity index (χ2n) is 9.09. The molecule has 2 aliphatic heterocycles. The van der Waals surface area contributed by atoms with E-state index in [4.69, 9.17) is 11.6 Å². The van der Waals surface area contributed by atoms with E-state index in [0.717, 1.165) is 54.2 Å². The third-order valence-corrected chi connectivity index (χ3v) is 7.36. The number of halogens is 4. The van der Waals surface area contributed by atoms with Crippen molar-refractivity contribution in [2.75, 3.05) is 26.7 Å². The molecule has 7 nitrogen and oxygen atoms in total. The molecule has 4 heterocycles. The average Bonchev–Trinajstić information content (AvgIpc) is 3.44. The summed E-state index contributed by atoms with van der Waals surface area (Å²) >= 11 is 6.23. The first kappa shape index (κ1) is 24.9. The van der Waals surface area contributed by atoms with Crippen LogP contribution in [0.2, 0.25) is 5.02 Å². The van der Waals surface area contributed by atoms with Crippen LogP contribution in [-0.4, -0.2) is 69.6 Å². The van der Waals surface area contributed by atoms with Gasteiger partial charge >= 0.3 is 6.61 Å². The van der Waals surface area contributed by atoms with Crippen molar-refractivity contribution >= 4 is 28.3 Å². The molecule has 0 radical (unpaired) electrons. The second kappa shape index (κ2) is 9.93. The molecule has 5 rings (SSSR count). The maximum absolute atomic E-state index is 14.3. The molecule has 0 spiro atoms. The predicted octanol–water partition coefficient (Wildman–Crippen LogP) is 4.98. The van der Waals surface area contributed by atoms with Gasteiger partial charge < -0.3 is 14.8 Å². The number of H-pyrrole nitrogens is 1. The Morgan fingerprint density at radius 3 is 2.72 bits per heavy atom. The maximum atomic E-state index is 14.3. The largest absolute Gasteiger partial charge is 0.434 e. The topological polar surface area (TPSA) is 67.9 Å². The van der Waals surface area contributed by atoms with E-state index in [2.05, 4.69) is 35.9 Å². The smallest absolute Gasteiger partial charge is 0.387 e. The molecule has 0 aliphatic carbocycles. The maximum Gasteiger partial charge on any atom is 0.387 e. The number of nitrogens with one attached hydrogen (secondary N) is 1. The number of nitrogens with zero attached hydrogens (tertiary/aromatic N) is 4. The zero-order valence-electron chi connectivity index (χ0n) is 19.9. The van der Waals surface area contributed by atoms with Crippen LogP contribution in [0.4, 0.5) is 13.2 Å². The molecular formula is C25H27ClF3N5O2. The Labute approximate surface area is 211 Å². The molecule has 36 heavy (non-hydrogen) atoms. The van der Waals surface area contributed by atoms with Crippen LogP contribution in [0.1, 0.15) is 42.4 Å². The molecule has 1 aromatic carbocycles. The van der Waals surface area contributed by atoms with Crippen molar-refractivity contribution in [3.63, 3.8) is 0 Å². The summed E-state index contributed by atoms with van der Waals surface area (Å²) in [6, 6.07) is 4.17. The number of aliphatic hydroxyl groups excluding tert-OH is 1. The molecule has 1 atom stereocenters. The minimum atomic E-state index is -3.07. The third-order valence-electron chi connectivity index (χ3n) is 6.98. The number of rotatable bonds is 6. The molecule has 0 unspecified atom stereocenters. The molecule has 2 aromatic heterocycles. The van der Waals surface area contributed by atoms with Gasteiger partial charge in [0.2, 0.25) is 0 Å². The quantitative estimate of drug-likeness (QED) is 0.477. The molecular weight excluding hydrogens is 495 g/mol. The molecule has 2 aliphatic rings. The lowest BCUT2D eigenvalue weighted by Gasteiger charge is -2.41. The van der Waals surface area contributed by atoms with Crippen LogP contribution in [-0.2, 0) is 0 Å². The van der Waals surface area contributed by atoms with E-state index in [-0.39, 0.29) is 22.4 Å². The van der Waals surface area contributed by atoms with Crippen LogP contribution in [0.25, 0.3) is 16.7 Å². The van der Waals surface area contributed by atoms with Gasteiger partial charge in [0.15, 0.2) is 0 Å². The third kappa shape index (κ3) is 4.54. The summed E-state index contributed by atoms with van der Waals surface area (Å²) in [6.45, 7) is 0.956. The van der Waals surface area contributed by atoms with Crippen molar-refractivity contribution in [3.8, 4) is 5.75 Å². The number of hydrogen-bond acceptors (Lipinski definition) is 6. The van der Waals surface area contributed by atoms with Gasteiger partial charge in [-0.15, -0.1) is 5.12 Å². The summed E-state index contributed by atoms with van der Waals surface area (Å²) in [7, 11) is 1.98. The number of aromatic amines is 1. The summed E-state index contributed by atoms with van der Waals surface area (Å²) in [5, 5.41) is 16.8.